The average Bonchev–Trinajstić information content (AvgIpc) is 2.69. The number of hydrogen-bond donors (Lipinski definition) is 2. The lowest BCUT2D eigenvalue weighted by Crippen LogP contribution is -2.43. The van der Waals surface area contributed by atoms with Crippen LogP contribution in [-0.4, -0.2) is 35.7 Å². The van der Waals surface area contributed by atoms with Gasteiger partial charge in [-0.3, -0.25) is 14.4 Å². The molecule has 1 fully saturated rings. The number of nitrogens with zero attached hydrogens (tertiary/aromatic N) is 1. The summed E-state index contributed by atoms with van der Waals surface area (Å²) in [6.07, 6.45) is 1.43. The highest BCUT2D eigenvalue weighted by Gasteiger charge is 2.29. The van der Waals surface area contributed by atoms with Gasteiger partial charge in [0.15, 0.2) is 0 Å². The van der Waals surface area contributed by atoms with E-state index in [0.29, 0.717) is 46.5 Å². The van der Waals surface area contributed by atoms with Crippen molar-refractivity contribution in [1.82, 2.24) is 4.90 Å². The number of carbonyl (C=O) groups excluding carboxylic acids is 3. The van der Waals surface area contributed by atoms with Crippen LogP contribution >= 0.6 is 23.2 Å². The number of halogens is 2. The second-order valence-corrected chi connectivity index (χ2v) is 7.81. The molecule has 2 aromatic carbocycles. The zero-order valence-corrected chi connectivity index (χ0v) is 17.4. The number of rotatable bonds is 4. The molecule has 8 heteroatoms. The lowest BCUT2D eigenvalue weighted by atomic mass is 9.96. The molecule has 1 aliphatic rings. The molecule has 3 amide bonds. The molecule has 1 atom stereocenters. The van der Waals surface area contributed by atoms with Crippen LogP contribution in [0.25, 0.3) is 0 Å². The quantitative estimate of drug-likeness (QED) is 0.747. The van der Waals surface area contributed by atoms with E-state index < -0.39 is 0 Å². The lowest BCUT2D eigenvalue weighted by Gasteiger charge is -2.32. The molecule has 0 aromatic heterocycles. The summed E-state index contributed by atoms with van der Waals surface area (Å²) in [4.78, 5) is 38.3. The van der Waals surface area contributed by atoms with Gasteiger partial charge in [0, 0.05) is 36.3 Å². The van der Waals surface area contributed by atoms with Gasteiger partial charge in [0.25, 0.3) is 5.91 Å². The molecule has 1 aliphatic heterocycles. The summed E-state index contributed by atoms with van der Waals surface area (Å²) >= 11 is 12.1. The standard InChI is InChI=1S/C21H21Cl2N3O3/c1-13(27)24-17-8-9-19(18(23)11-17)25-20(28)15-3-2-10-26(12-15)21(29)14-4-6-16(22)7-5-14/h4-9,11,15H,2-3,10,12H2,1H3,(H,24,27)(H,25,28). The van der Waals surface area contributed by atoms with Gasteiger partial charge in [-0.25, -0.2) is 0 Å². The molecular formula is C21H21Cl2N3O3. The second kappa shape index (κ2) is 9.29. The minimum atomic E-state index is -0.328. The van der Waals surface area contributed by atoms with E-state index in [-0.39, 0.29) is 23.6 Å². The van der Waals surface area contributed by atoms with E-state index in [4.69, 9.17) is 23.2 Å². The first-order chi connectivity index (χ1) is 13.8. The van der Waals surface area contributed by atoms with E-state index in [1.165, 1.54) is 6.92 Å². The van der Waals surface area contributed by atoms with Crippen molar-refractivity contribution in [3.8, 4) is 0 Å². The number of amides is 3. The third kappa shape index (κ3) is 5.49. The van der Waals surface area contributed by atoms with Gasteiger partial charge in [-0.15, -0.1) is 0 Å². The van der Waals surface area contributed by atoms with E-state index in [1.54, 1.807) is 47.4 Å². The minimum Gasteiger partial charge on any atom is -0.338 e. The topological polar surface area (TPSA) is 78.5 Å². The first kappa shape index (κ1) is 21.1. The van der Waals surface area contributed by atoms with Gasteiger partial charge >= 0.3 is 0 Å². The number of hydrogen-bond acceptors (Lipinski definition) is 3. The zero-order chi connectivity index (χ0) is 21.0. The Bertz CT molecular complexity index is 931. The van der Waals surface area contributed by atoms with Crippen LogP contribution in [0.15, 0.2) is 42.5 Å². The zero-order valence-electron chi connectivity index (χ0n) is 15.9. The number of anilines is 2. The van der Waals surface area contributed by atoms with Crippen LogP contribution in [0.2, 0.25) is 10.0 Å². The molecule has 0 saturated carbocycles. The normalized spacial score (nSPS) is 16.2. The van der Waals surface area contributed by atoms with Crippen LogP contribution in [0.3, 0.4) is 0 Å². The number of nitrogens with one attached hydrogen (secondary N) is 2. The molecule has 0 aliphatic carbocycles. The van der Waals surface area contributed by atoms with Crippen LogP contribution in [-0.2, 0) is 9.59 Å². The highest BCUT2D eigenvalue weighted by atomic mass is 35.5. The van der Waals surface area contributed by atoms with Crippen LogP contribution in [0.5, 0.6) is 0 Å². The highest BCUT2D eigenvalue weighted by molar-refractivity contribution is 6.34. The number of likely N-dealkylation sites (tertiary alicyclic amines) is 1. The minimum absolute atomic E-state index is 0.114. The summed E-state index contributed by atoms with van der Waals surface area (Å²) in [5.74, 6) is -0.832. The van der Waals surface area contributed by atoms with E-state index >= 15 is 0 Å². The van der Waals surface area contributed by atoms with Crippen LogP contribution in [0.1, 0.15) is 30.1 Å². The maximum atomic E-state index is 12.7. The first-order valence-electron chi connectivity index (χ1n) is 9.26. The Hall–Kier alpha value is -2.57. The summed E-state index contributed by atoms with van der Waals surface area (Å²) in [5.41, 5.74) is 1.57. The average molecular weight is 434 g/mol. The number of benzene rings is 2. The van der Waals surface area contributed by atoms with E-state index in [9.17, 15) is 14.4 Å². The van der Waals surface area contributed by atoms with Crippen molar-refractivity contribution in [3.05, 3.63) is 58.1 Å². The smallest absolute Gasteiger partial charge is 0.253 e. The van der Waals surface area contributed by atoms with Crippen LogP contribution in [0, 0.1) is 5.92 Å². The first-order valence-corrected chi connectivity index (χ1v) is 10.0. The molecular weight excluding hydrogens is 413 g/mol. The SMILES string of the molecule is CC(=O)Nc1ccc(NC(=O)C2CCCN(C(=O)c3ccc(Cl)cc3)C2)c(Cl)c1. The second-order valence-electron chi connectivity index (χ2n) is 6.96. The summed E-state index contributed by atoms with van der Waals surface area (Å²) in [7, 11) is 0. The van der Waals surface area contributed by atoms with Crippen molar-refractivity contribution in [2.45, 2.75) is 19.8 Å². The van der Waals surface area contributed by atoms with Gasteiger partial charge < -0.3 is 15.5 Å². The molecule has 1 unspecified atom stereocenters. The molecule has 6 nitrogen and oxygen atoms in total. The third-order valence-electron chi connectivity index (χ3n) is 4.72. The van der Waals surface area contributed by atoms with Crippen molar-refractivity contribution < 1.29 is 14.4 Å². The number of carbonyl (C=O) groups is 3. The summed E-state index contributed by atoms with van der Waals surface area (Å²) < 4.78 is 0. The molecule has 1 heterocycles. The van der Waals surface area contributed by atoms with Gasteiger partial charge in [0.05, 0.1) is 16.6 Å². The largest absolute Gasteiger partial charge is 0.338 e. The van der Waals surface area contributed by atoms with E-state index in [2.05, 4.69) is 10.6 Å². The van der Waals surface area contributed by atoms with Crippen molar-refractivity contribution in [1.29, 1.82) is 0 Å². The highest BCUT2D eigenvalue weighted by Crippen LogP contribution is 2.27. The Morgan fingerprint density at radius 3 is 2.41 bits per heavy atom. The molecule has 2 aromatic rings. The fourth-order valence-electron chi connectivity index (χ4n) is 3.28. The lowest BCUT2D eigenvalue weighted by molar-refractivity contribution is -0.121. The van der Waals surface area contributed by atoms with Gasteiger partial charge in [-0.2, -0.15) is 0 Å². The molecule has 3 rings (SSSR count). The van der Waals surface area contributed by atoms with Crippen LogP contribution < -0.4 is 10.6 Å². The number of piperidine rings is 1. The molecule has 0 radical (unpaired) electrons. The van der Waals surface area contributed by atoms with Gasteiger partial charge in [-0.05, 0) is 55.3 Å². The molecule has 0 bridgehead atoms. The Balaban J connectivity index is 1.64. The predicted octanol–water partition coefficient (Wildman–Crippen LogP) is 4.44. The van der Waals surface area contributed by atoms with Crippen molar-refractivity contribution in [2.24, 2.45) is 5.92 Å². The molecule has 0 spiro atoms. The van der Waals surface area contributed by atoms with E-state index in [0.717, 1.165) is 6.42 Å². The summed E-state index contributed by atoms with van der Waals surface area (Å²) in [6, 6.07) is 11.6. The summed E-state index contributed by atoms with van der Waals surface area (Å²) in [6.45, 7) is 2.36. The maximum Gasteiger partial charge on any atom is 0.253 e. The Labute approximate surface area is 179 Å². The third-order valence-corrected chi connectivity index (χ3v) is 5.28. The van der Waals surface area contributed by atoms with Crippen LogP contribution in [0.4, 0.5) is 11.4 Å². The predicted molar refractivity (Wildman–Crippen MR) is 114 cm³/mol. The monoisotopic (exact) mass is 433 g/mol. The fourth-order valence-corrected chi connectivity index (χ4v) is 3.64. The molecule has 1 saturated heterocycles. The van der Waals surface area contributed by atoms with Crippen molar-refractivity contribution in [2.75, 3.05) is 23.7 Å². The van der Waals surface area contributed by atoms with E-state index in [1.807, 2.05) is 0 Å². The maximum absolute atomic E-state index is 12.7. The van der Waals surface area contributed by atoms with Gasteiger partial charge in [0.1, 0.15) is 0 Å². The molecule has 2 N–H and O–H groups in total. The Kier molecular flexibility index (Phi) is 6.77. The summed E-state index contributed by atoms with van der Waals surface area (Å²) in [5, 5.41) is 6.36. The van der Waals surface area contributed by atoms with Gasteiger partial charge in [-0.1, -0.05) is 23.2 Å². The van der Waals surface area contributed by atoms with Crippen molar-refractivity contribution >= 4 is 52.3 Å². The van der Waals surface area contributed by atoms with Crippen molar-refractivity contribution in [3.63, 3.8) is 0 Å². The fraction of sp³-hybridized carbons (Fsp3) is 0.286. The molecule has 152 valence electrons. The molecule has 29 heavy (non-hydrogen) atoms. The Morgan fingerprint density at radius 2 is 1.76 bits per heavy atom. The van der Waals surface area contributed by atoms with Gasteiger partial charge in [0.2, 0.25) is 11.8 Å². The Morgan fingerprint density at radius 1 is 1.03 bits per heavy atom.